The number of aryl methyl sites for hydroxylation is 2. The summed E-state index contributed by atoms with van der Waals surface area (Å²) in [6, 6.07) is 11.3. The van der Waals surface area contributed by atoms with Crippen molar-refractivity contribution in [2.24, 2.45) is 7.05 Å². The van der Waals surface area contributed by atoms with Crippen molar-refractivity contribution in [1.82, 2.24) is 19.8 Å². The van der Waals surface area contributed by atoms with Gasteiger partial charge in [-0.1, -0.05) is 12.1 Å². The molecule has 4 rings (SSSR count). The van der Waals surface area contributed by atoms with Crippen molar-refractivity contribution in [2.75, 3.05) is 27.7 Å². The molecule has 0 saturated carbocycles. The Kier molecular flexibility index (Phi) is 10.9. The molecule has 0 spiro atoms. The third-order valence-electron chi connectivity index (χ3n) is 6.49. The molecule has 0 unspecified atom stereocenters. The summed E-state index contributed by atoms with van der Waals surface area (Å²) in [4.78, 5) is 40.8. The quantitative estimate of drug-likeness (QED) is 0.237. The van der Waals surface area contributed by atoms with Gasteiger partial charge in [-0.25, -0.2) is 8.78 Å². The van der Waals surface area contributed by atoms with Crippen LogP contribution in [-0.2, 0) is 35.7 Å². The molecular weight excluding hydrogens is 587 g/mol. The fourth-order valence-corrected chi connectivity index (χ4v) is 4.55. The number of carbonyl (C=O) groups is 2. The Morgan fingerprint density at radius 1 is 1.02 bits per heavy atom. The standard InChI is InChI=1S/C21H22F3N3O.C10H9F2NO3/c1-13-9-14(7-8-25-13)10-17-19(21(22,23)24)16-11-15(12-26(2)3)5-6-18(16)27(4)20(17)28;1-16-8(14)5-13-10(15)9-6(11)3-2-4-7(9)12/h5-9,11H,10,12H2,1-4H3;2-4H,5H2,1H3,(H,13,15). The van der Waals surface area contributed by atoms with Crippen LogP contribution in [0.1, 0.15) is 38.3 Å². The lowest BCUT2D eigenvalue weighted by Crippen LogP contribution is -2.31. The van der Waals surface area contributed by atoms with Gasteiger partial charge in [-0.05, 0) is 68.5 Å². The number of esters is 1. The second-order valence-corrected chi connectivity index (χ2v) is 10.1. The third-order valence-corrected chi connectivity index (χ3v) is 6.49. The summed E-state index contributed by atoms with van der Waals surface area (Å²) in [5.74, 6) is -3.67. The molecule has 0 aliphatic heterocycles. The number of alkyl halides is 3. The second kappa shape index (κ2) is 14.2. The average molecular weight is 619 g/mol. The van der Waals surface area contributed by atoms with E-state index in [2.05, 4.69) is 9.72 Å². The van der Waals surface area contributed by atoms with Crippen molar-refractivity contribution in [3.63, 3.8) is 0 Å². The zero-order valence-electron chi connectivity index (χ0n) is 24.7. The van der Waals surface area contributed by atoms with E-state index in [4.69, 9.17) is 0 Å². The summed E-state index contributed by atoms with van der Waals surface area (Å²) in [6.45, 7) is 1.83. The van der Waals surface area contributed by atoms with E-state index in [-0.39, 0.29) is 22.9 Å². The number of amides is 1. The van der Waals surface area contributed by atoms with Crippen molar-refractivity contribution in [3.05, 3.63) is 110 Å². The lowest BCUT2D eigenvalue weighted by Gasteiger charge is -2.19. The number of methoxy groups -OCH3 is 1. The molecule has 1 N–H and O–H groups in total. The van der Waals surface area contributed by atoms with E-state index in [0.717, 1.165) is 30.9 Å². The maximum Gasteiger partial charge on any atom is 0.417 e. The molecule has 0 saturated heterocycles. The minimum atomic E-state index is -4.64. The molecule has 44 heavy (non-hydrogen) atoms. The van der Waals surface area contributed by atoms with Gasteiger partial charge in [0.25, 0.3) is 11.5 Å². The topological polar surface area (TPSA) is 93.5 Å². The van der Waals surface area contributed by atoms with E-state index in [9.17, 15) is 36.3 Å². The third kappa shape index (κ3) is 8.25. The van der Waals surface area contributed by atoms with Crippen LogP contribution >= 0.6 is 0 Å². The van der Waals surface area contributed by atoms with Gasteiger partial charge in [0, 0.05) is 42.9 Å². The van der Waals surface area contributed by atoms with Gasteiger partial charge in [0.05, 0.1) is 18.2 Å². The minimum absolute atomic E-state index is 0.0507. The summed E-state index contributed by atoms with van der Waals surface area (Å²) in [6.07, 6.45) is -3.20. The Bertz CT molecular complexity index is 1710. The van der Waals surface area contributed by atoms with Gasteiger partial charge >= 0.3 is 12.1 Å². The van der Waals surface area contributed by atoms with Gasteiger partial charge in [-0.3, -0.25) is 19.4 Å². The number of fused-ring (bicyclic) bond motifs is 1. The van der Waals surface area contributed by atoms with Crippen LogP contribution in [0.4, 0.5) is 22.0 Å². The molecular formula is C31H31F5N4O4. The summed E-state index contributed by atoms with van der Waals surface area (Å²) in [5, 5.41) is 2.09. The van der Waals surface area contributed by atoms with Gasteiger partial charge in [-0.2, -0.15) is 13.2 Å². The van der Waals surface area contributed by atoms with Crippen molar-refractivity contribution in [1.29, 1.82) is 0 Å². The molecule has 4 aromatic rings. The molecule has 8 nitrogen and oxygen atoms in total. The number of carbonyl (C=O) groups excluding carboxylic acids is 2. The second-order valence-electron chi connectivity index (χ2n) is 10.1. The normalized spacial score (nSPS) is 11.2. The van der Waals surface area contributed by atoms with Gasteiger partial charge in [0.1, 0.15) is 23.7 Å². The molecule has 0 bridgehead atoms. The van der Waals surface area contributed by atoms with Gasteiger partial charge < -0.3 is 19.5 Å². The minimum Gasteiger partial charge on any atom is -0.468 e. The molecule has 0 aliphatic rings. The summed E-state index contributed by atoms with van der Waals surface area (Å²) < 4.78 is 74.0. The van der Waals surface area contributed by atoms with Crippen LogP contribution in [0.5, 0.6) is 0 Å². The van der Waals surface area contributed by atoms with E-state index >= 15 is 0 Å². The first kappa shape index (κ1) is 33.8. The van der Waals surface area contributed by atoms with Crippen molar-refractivity contribution in [3.8, 4) is 0 Å². The number of halogens is 5. The highest BCUT2D eigenvalue weighted by atomic mass is 19.4. The average Bonchev–Trinajstić information content (AvgIpc) is 2.93. The fraction of sp³-hybridized carbons (Fsp3) is 0.290. The fourth-order valence-electron chi connectivity index (χ4n) is 4.55. The van der Waals surface area contributed by atoms with E-state index < -0.39 is 52.9 Å². The molecule has 2 heterocycles. The zero-order valence-corrected chi connectivity index (χ0v) is 24.7. The number of ether oxygens (including phenoxy) is 1. The van der Waals surface area contributed by atoms with E-state index in [1.807, 2.05) is 24.3 Å². The molecule has 13 heteroatoms. The number of rotatable bonds is 7. The molecule has 0 radical (unpaired) electrons. The largest absolute Gasteiger partial charge is 0.468 e. The Hall–Kier alpha value is -4.65. The van der Waals surface area contributed by atoms with E-state index in [1.165, 1.54) is 11.6 Å². The maximum atomic E-state index is 14.1. The monoisotopic (exact) mass is 618 g/mol. The van der Waals surface area contributed by atoms with E-state index in [1.54, 1.807) is 43.5 Å². The molecule has 0 atom stereocenters. The van der Waals surface area contributed by atoms with Crippen LogP contribution in [0.25, 0.3) is 10.9 Å². The summed E-state index contributed by atoms with van der Waals surface area (Å²) in [7, 11) is 6.36. The number of aromatic nitrogens is 2. The molecule has 0 fully saturated rings. The number of hydrogen-bond acceptors (Lipinski definition) is 6. The van der Waals surface area contributed by atoms with Gasteiger partial charge in [-0.15, -0.1) is 0 Å². The number of nitrogens with one attached hydrogen (secondary N) is 1. The zero-order chi connectivity index (χ0) is 32.8. The first-order chi connectivity index (χ1) is 20.6. The molecule has 234 valence electrons. The van der Waals surface area contributed by atoms with Crippen LogP contribution in [-0.4, -0.2) is 54.1 Å². The van der Waals surface area contributed by atoms with Crippen LogP contribution in [0.3, 0.4) is 0 Å². The molecule has 1 amide bonds. The Morgan fingerprint density at radius 3 is 2.25 bits per heavy atom. The molecule has 2 aromatic carbocycles. The smallest absolute Gasteiger partial charge is 0.417 e. The molecule has 0 aliphatic carbocycles. The SMILES string of the molecule is COC(=O)CNC(=O)c1c(F)cccc1F.Cc1cc(Cc2c(C(F)(F)F)c3cc(CN(C)C)ccc3n(C)c2=O)ccn1. The number of benzene rings is 2. The van der Waals surface area contributed by atoms with Crippen LogP contribution in [0.15, 0.2) is 59.5 Å². The van der Waals surface area contributed by atoms with Crippen LogP contribution in [0, 0.1) is 18.6 Å². The highest BCUT2D eigenvalue weighted by molar-refractivity contribution is 5.96. The predicted octanol–water partition coefficient (Wildman–Crippen LogP) is 4.78. The van der Waals surface area contributed by atoms with Crippen LogP contribution in [0.2, 0.25) is 0 Å². The van der Waals surface area contributed by atoms with Crippen LogP contribution < -0.4 is 10.9 Å². The number of pyridine rings is 2. The highest BCUT2D eigenvalue weighted by Crippen LogP contribution is 2.37. The number of hydrogen-bond donors (Lipinski definition) is 1. The molecule has 2 aromatic heterocycles. The van der Waals surface area contributed by atoms with Gasteiger partial charge in [0.2, 0.25) is 0 Å². The van der Waals surface area contributed by atoms with Crippen molar-refractivity contribution >= 4 is 22.8 Å². The van der Waals surface area contributed by atoms with E-state index in [0.29, 0.717) is 17.8 Å². The summed E-state index contributed by atoms with van der Waals surface area (Å²) in [5.41, 5.74) is -0.0884. The van der Waals surface area contributed by atoms with Crippen molar-refractivity contribution in [2.45, 2.75) is 26.1 Å². The number of nitrogens with zero attached hydrogens (tertiary/aromatic N) is 3. The lowest BCUT2D eigenvalue weighted by molar-refractivity contribution is -0.139. The first-order valence-electron chi connectivity index (χ1n) is 13.2. The Labute approximate surface area is 250 Å². The maximum absolute atomic E-state index is 14.1. The first-order valence-corrected chi connectivity index (χ1v) is 13.2. The lowest BCUT2D eigenvalue weighted by atomic mass is 9.96. The summed E-state index contributed by atoms with van der Waals surface area (Å²) >= 11 is 0. The Morgan fingerprint density at radius 2 is 1.68 bits per heavy atom. The van der Waals surface area contributed by atoms with Gasteiger partial charge in [0.15, 0.2) is 0 Å². The Balaban J connectivity index is 0.000000281. The highest BCUT2D eigenvalue weighted by Gasteiger charge is 2.37. The van der Waals surface area contributed by atoms with Crippen molar-refractivity contribution < 1.29 is 36.3 Å². The predicted molar refractivity (Wildman–Crippen MR) is 154 cm³/mol.